The van der Waals surface area contributed by atoms with Gasteiger partial charge in [-0.3, -0.25) is 5.84 Å². The summed E-state index contributed by atoms with van der Waals surface area (Å²) in [6.07, 6.45) is 0. The summed E-state index contributed by atoms with van der Waals surface area (Å²) in [6, 6.07) is 12.1. The Morgan fingerprint density at radius 1 is 1.16 bits per heavy atom. The fourth-order valence-corrected chi connectivity index (χ4v) is 2.78. The summed E-state index contributed by atoms with van der Waals surface area (Å²) in [7, 11) is 0. The van der Waals surface area contributed by atoms with Crippen LogP contribution in [0.4, 0.5) is 0 Å². The topological polar surface area (TPSA) is 38.0 Å². The van der Waals surface area contributed by atoms with E-state index in [1.165, 1.54) is 11.1 Å². The fourth-order valence-electron chi connectivity index (χ4n) is 2.16. The molecule has 0 amide bonds. The van der Waals surface area contributed by atoms with Crippen LogP contribution < -0.4 is 11.3 Å². The molecule has 0 aliphatic rings. The summed E-state index contributed by atoms with van der Waals surface area (Å²) in [5.74, 6) is 5.75. The zero-order valence-corrected chi connectivity index (χ0v) is 13.2. The normalized spacial score (nSPS) is 12.5. The van der Waals surface area contributed by atoms with Crippen molar-refractivity contribution in [3.63, 3.8) is 0 Å². The van der Waals surface area contributed by atoms with Gasteiger partial charge >= 0.3 is 0 Å². The van der Waals surface area contributed by atoms with Gasteiger partial charge < -0.3 is 0 Å². The van der Waals surface area contributed by atoms with E-state index in [0.717, 1.165) is 15.6 Å². The minimum atomic E-state index is -0.120. The molecular formula is C15H16BrClN2. The second-order valence-electron chi connectivity index (χ2n) is 4.60. The Bertz CT molecular complexity index is 597. The lowest BCUT2D eigenvalue weighted by Crippen LogP contribution is -2.29. The molecule has 2 aromatic carbocycles. The maximum absolute atomic E-state index is 6.37. The molecule has 0 aromatic heterocycles. The third-order valence-corrected chi connectivity index (χ3v) is 4.52. The van der Waals surface area contributed by atoms with E-state index in [1.54, 1.807) is 0 Å². The fraction of sp³-hybridized carbons (Fsp3) is 0.200. The van der Waals surface area contributed by atoms with Gasteiger partial charge in [-0.2, -0.15) is 0 Å². The van der Waals surface area contributed by atoms with Crippen molar-refractivity contribution in [3.05, 3.63) is 68.1 Å². The standard InChI is InChI=1S/C15H16BrClN2/c1-9-6-7-10(2)12(8-9)15(19-18)11-4-3-5-13(16)14(11)17/h3-8,15,19H,18H2,1-2H3. The molecule has 0 bridgehead atoms. The molecule has 0 saturated carbocycles. The summed E-state index contributed by atoms with van der Waals surface area (Å²) in [5.41, 5.74) is 7.36. The number of hydrogen-bond donors (Lipinski definition) is 2. The van der Waals surface area contributed by atoms with Crippen LogP contribution in [0.3, 0.4) is 0 Å². The Morgan fingerprint density at radius 3 is 2.58 bits per heavy atom. The summed E-state index contributed by atoms with van der Waals surface area (Å²) < 4.78 is 0.872. The Labute approximate surface area is 127 Å². The van der Waals surface area contributed by atoms with Gasteiger partial charge in [0, 0.05) is 4.47 Å². The first-order valence-corrected chi connectivity index (χ1v) is 7.19. The predicted octanol–water partition coefficient (Wildman–Crippen LogP) is 4.27. The molecule has 19 heavy (non-hydrogen) atoms. The van der Waals surface area contributed by atoms with Gasteiger partial charge in [0.1, 0.15) is 0 Å². The maximum atomic E-state index is 6.37. The van der Waals surface area contributed by atoms with Gasteiger partial charge in [0.15, 0.2) is 0 Å². The Kier molecular flexibility index (Phi) is 4.63. The molecule has 100 valence electrons. The molecule has 0 fully saturated rings. The van der Waals surface area contributed by atoms with Crippen LogP contribution >= 0.6 is 27.5 Å². The first-order valence-electron chi connectivity index (χ1n) is 6.01. The number of halogens is 2. The largest absolute Gasteiger partial charge is 0.271 e. The minimum Gasteiger partial charge on any atom is -0.271 e. The van der Waals surface area contributed by atoms with Gasteiger partial charge in [0.25, 0.3) is 0 Å². The third kappa shape index (κ3) is 3.00. The lowest BCUT2D eigenvalue weighted by atomic mass is 9.94. The van der Waals surface area contributed by atoms with Crippen molar-refractivity contribution in [2.75, 3.05) is 0 Å². The molecule has 2 rings (SSSR count). The third-order valence-electron chi connectivity index (χ3n) is 3.20. The van der Waals surface area contributed by atoms with Gasteiger partial charge in [0.05, 0.1) is 11.1 Å². The minimum absolute atomic E-state index is 0.120. The Hall–Kier alpha value is -0.870. The Balaban J connectivity index is 2.56. The second kappa shape index (κ2) is 6.06. The molecule has 1 unspecified atom stereocenters. The zero-order chi connectivity index (χ0) is 14.0. The maximum Gasteiger partial charge on any atom is 0.0727 e. The lowest BCUT2D eigenvalue weighted by molar-refractivity contribution is 0.633. The van der Waals surface area contributed by atoms with E-state index in [-0.39, 0.29) is 6.04 Å². The first kappa shape index (κ1) is 14.5. The van der Waals surface area contributed by atoms with E-state index in [4.69, 9.17) is 17.4 Å². The van der Waals surface area contributed by atoms with E-state index in [9.17, 15) is 0 Å². The van der Waals surface area contributed by atoms with Crippen molar-refractivity contribution < 1.29 is 0 Å². The number of hydrazine groups is 1. The highest BCUT2D eigenvalue weighted by molar-refractivity contribution is 9.10. The zero-order valence-electron chi connectivity index (χ0n) is 10.9. The van der Waals surface area contributed by atoms with Crippen LogP contribution in [-0.4, -0.2) is 0 Å². The highest BCUT2D eigenvalue weighted by Crippen LogP contribution is 2.34. The predicted molar refractivity (Wildman–Crippen MR) is 84.2 cm³/mol. The van der Waals surface area contributed by atoms with Crippen molar-refractivity contribution in [1.82, 2.24) is 5.43 Å². The molecule has 3 N–H and O–H groups in total. The SMILES string of the molecule is Cc1ccc(C)c(C(NN)c2cccc(Br)c2Cl)c1. The van der Waals surface area contributed by atoms with Gasteiger partial charge in [-0.05, 0) is 52.5 Å². The summed E-state index contributed by atoms with van der Waals surface area (Å²) in [6.45, 7) is 4.14. The van der Waals surface area contributed by atoms with Crippen molar-refractivity contribution in [3.8, 4) is 0 Å². The second-order valence-corrected chi connectivity index (χ2v) is 5.84. The quantitative estimate of drug-likeness (QED) is 0.647. The van der Waals surface area contributed by atoms with Crippen molar-refractivity contribution in [1.29, 1.82) is 0 Å². The van der Waals surface area contributed by atoms with Crippen molar-refractivity contribution in [2.24, 2.45) is 5.84 Å². The number of nitrogens with two attached hydrogens (primary N) is 1. The highest BCUT2D eigenvalue weighted by Gasteiger charge is 2.18. The van der Waals surface area contributed by atoms with Crippen LogP contribution in [0, 0.1) is 13.8 Å². The molecule has 2 nitrogen and oxygen atoms in total. The van der Waals surface area contributed by atoms with Crippen LogP contribution in [0.15, 0.2) is 40.9 Å². The average molecular weight is 340 g/mol. The van der Waals surface area contributed by atoms with E-state index >= 15 is 0 Å². The Morgan fingerprint density at radius 2 is 1.89 bits per heavy atom. The van der Waals surface area contributed by atoms with E-state index in [2.05, 4.69) is 53.4 Å². The molecule has 0 radical (unpaired) electrons. The summed E-state index contributed by atoms with van der Waals surface area (Å²) in [4.78, 5) is 0. The van der Waals surface area contributed by atoms with E-state index < -0.39 is 0 Å². The van der Waals surface area contributed by atoms with Crippen LogP contribution in [0.5, 0.6) is 0 Å². The lowest BCUT2D eigenvalue weighted by Gasteiger charge is -2.21. The molecule has 0 heterocycles. The monoisotopic (exact) mass is 338 g/mol. The molecule has 2 aromatic rings. The number of rotatable bonds is 3. The van der Waals surface area contributed by atoms with E-state index in [0.29, 0.717) is 5.02 Å². The highest BCUT2D eigenvalue weighted by atomic mass is 79.9. The number of aryl methyl sites for hydroxylation is 2. The van der Waals surface area contributed by atoms with Gasteiger partial charge in [-0.15, -0.1) is 0 Å². The first-order chi connectivity index (χ1) is 9.04. The van der Waals surface area contributed by atoms with Crippen LogP contribution in [0.25, 0.3) is 0 Å². The number of hydrogen-bond acceptors (Lipinski definition) is 2. The molecule has 4 heteroatoms. The molecule has 0 aliphatic heterocycles. The van der Waals surface area contributed by atoms with Gasteiger partial charge in [0.2, 0.25) is 0 Å². The number of nitrogens with one attached hydrogen (secondary N) is 1. The molecule has 0 spiro atoms. The van der Waals surface area contributed by atoms with Crippen LogP contribution in [0.2, 0.25) is 5.02 Å². The van der Waals surface area contributed by atoms with Gasteiger partial charge in [-0.1, -0.05) is 47.5 Å². The van der Waals surface area contributed by atoms with Crippen molar-refractivity contribution in [2.45, 2.75) is 19.9 Å². The molecule has 0 saturated heterocycles. The van der Waals surface area contributed by atoms with E-state index in [1.807, 2.05) is 18.2 Å². The van der Waals surface area contributed by atoms with Crippen LogP contribution in [-0.2, 0) is 0 Å². The molecule has 1 atom stereocenters. The smallest absolute Gasteiger partial charge is 0.0727 e. The average Bonchev–Trinajstić information content (AvgIpc) is 2.39. The van der Waals surface area contributed by atoms with Crippen molar-refractivity contribution >= 4 is 27.5 Å². The molecular weight excluding hydrogens is 324 g/mol. The van der Waals surface area contributed by atoms with Gasteiger partial charge in [-0.25, -0.2) is 5.43 Å². The van der Waals surface area contributed by atoms with Crippen LogP contribution in [0.1, 0.15) is 28.3 Å². The number of benzene rings is 2. The molecule has 0 aliphatic carbocycles. The summed E-state index contributed by atoms with van der Waals surface area (Å²) >= 11 is 9.81. The summed E-state index contributed by atoms with van der Waals surface area (Å²) in [5, 5.41) is 0.686.